The average molecular weight is 542 g/mol. The molecule has 1 aliphatic heterocycles. The highest BCUT2D eigenvalue weighted by molar-refractivity contribution is 9.10. The van der Waals surface area contributed by atoms with Gasteiger partial charge in [0.25, 0.3) is 11.8 Å². The number of barbiturate groups is 1. The zero-order valence-electron chi connectivity index (χ0n) is 17.9. The molecule has 7 nitrogen and oxygen atoms in total. The molecule has 1 heterocycles. The van der Waals surface area contributed by atoms with Gasteiger partial charge in [-0.2, -0.15) is 0 Å². The van der Waals surface area contributed by atoms with Crippen molar-refractivity contribution in [3.63, 3.8) is 0 Å². The molecule has 0 spiro atoms. The molecule has 0 aliphatic carbocycles. The Morgan fingerprint density at radius 2 is 1.74 bits per heavy atom. The average Bonchev–Trinajstić information content (AvgIpc) is 2.82. The smallest absolute Gasteiger partial charge is 0.335 e. The summed E-state index contributed by atoms with van der Waals surface area (Å²) < 4.78 is 12.3. The molecule has 9 heteroatoms. The Kier molecular flexibility index (Phi) is 7.00. The van der Waals surface area contributed by atoms with Crippen LogP contribution in [0.3, 0.4) is 0 Å². The molecule has 0 unspecified atom stereocenters. The molecule has 0 radical (unpaired) electrons. The molecule has 1 saturated heterocycles. The van der Waals surface area contributed by atoms with Crippen molar-refractivity contribution < 1.29 is 23.9 Å². The molecule has 0 bridgehead atoms. The highest BCUT2D eigenvalue weighted by atomic mass is 79.9. The van der Waals surface area contributed by atoms with Gasteiger partial charge in [-0.15, -0.1) is 0 Å². The number of rotatable bonds is 6. The van der Waals surface area contributed by atoms with Crippen LogP contribution in [0.1, 0.15) is 11.1 Å². The van der Waals surface area contributed by atoms with Crippen molar-refractivity contribution in [2.24, 2.45) is 0 Å². The lowest BCUT2D eigenvalue weighted by molar-refractivity contribution is -0.122. The summed E-state index contributed by atoms with van der Waals surface area (Å²) >= 11 is 9.65. The minimum absolute atomic E-state index is 0.179. The number of hydrogen-bond acceptors (Lipinski definition) is 5. The minimum atomic E-state index is -0.867. The Bertz CT molecular complexity index is 1320. The van der Waals surface area contributed by atoms with Crippen molar-refractivity contribution in [3.05, 3.63) is 92.9 Å². The molecule has 172 valence electrons. The number of carbonyl (C=O) groups is 3. The first-order valence-corrected chi connectivity index (χ1v) is 11.3. The maximum Gasteiger partial charge on any atom is 0.335 e. The normalized spacial score (nSPS) is 14.9. The zero-order chi connectivity index (χ0) is 24.2. The van der Waals surface area contributed by atoms with Crippen molar-refractivity contribution in [2.75, 3.05) is 12.0 Å². The monoisotopic (exact) mass is 540 g/mol. The molecule has 1 N–H and O–H groups in total. The summed E-state index contributed by atoms with van der Waals surface area (Å²) in [6.07, 6.45) is 1.38. The molecule has 1 aliphatic rings. The van der Waals surface area contributed by atoms with Crippen LogP contribution in [0, 0.1) is 0 Å². The number of benzene rings is 3. The summed E-state index contributed by atoms with van der Waals surface area (Å²) in [5, 5.41) is 2.38. The molecule has 0 saturated carbocycles. The van der Waals surface area contributed by atoms with E-state index in [0.717, 1.165) is 14.9 Å². The third kappa shape index (κ3) is 4.83. The molecule has 4 rings (SSSR count). The number of nitrogens with one attached hydrogen (secondary N) is 1. The van der Waals surface area contributed by atoms with Gasteiger partial charge in [-0.25, -0.2) is 9.69 Å². The predicted octanol–water partition coefficient (Wildman–Crippen LogP) is 5.36. The van der Waals surface area contributed by atoms with Crippen LogP contribution >= 0.6 is 27.5 Å². The van der Waals surface area contributed by atoms with Crippen LogP contribution in [0.15, 0.2) is 76.8 Å². The van der Waals surface area contributed by atoms with Gasteiger partial charge < -0.3 is 9.47 Å². The summed E-state index contributed by atoms with van der Waals surface area (Å²) in [6.45, 7) is 0.314. The van der Waals surface area contributed by atoms with Gasteiger partial charge >= 0.3 is 6.03 Å². The standard InChI is InChI=1S/C25H18BrClN2O5/c1-33-22-13-15(10-11-21(22)34-14-16-6-2-3-7-18(16)26)12-17-23(30)28-25(32)29(24(17)31)20-9-5-4-8-19(20)27/h2-13H,14H2,1H3,(H,28,30,32)/b17-12+. The first kappa shape index (κ1) is 23.5. The predicted molar refractivity (Wildman–Crippen MR) is 132 cm³/mol. The molecule has 0 atom stereocenters. The Morgan fingerprint density at radius 1 is 1.00 bits per heavy atom. The van der Waals surface area contributed by atoms with E-state index in [1.807, 2.05) is 24.3 Å². The number of nitrogens with zero attached hydrogens (tertiary/aromatic N) is 1. The summed E-state index contributed by atoms with van der Waals surface area (Å²) in [7, 11) is 1.49. The number of para-hydroxylation sites is 1. The molecule has 3 aromatic rings. The van der Waals surface area contributed by atoms with Crippen LogP contribution in [-0.2, 0) is 16.2 Å². The van der Waals surface area contributed by atoms with E-state index in [1.54, 1.807) is 36.4 Å². The maximum atomic E-state index is 13.1. The summed E-state index contributed by atoms with van der Waals surface area (Å²) in [5.74, 6) is -0.668. The van der Waals surface area contributed by atoms with Gasteiger partial charge in [0.15, 0.2) is 11.5 Å². The summed E-state index contributed by atoms with van der Waals surface area (Å²) in [6, 6.07) is 18.2. The van der Waals surface area contributed by atoms with Crippen LogP contribution in [-0.4, -0.2) is 25.0 Å². The van der Waals surface area contributed by atoms with Crippen LogP contribution in [0.5, 0.6) is 11.5 Å². The van der Waals surface area contributed by atoms with E-state index in [1.165, 1.54) is 19.3 Å². The van der Waals surface area contributed by atoms with Gasteiger partial charge in [0, 0.05) is 10.0 Å². The first-order valence-electron chi connectivity index (χ1n) is 10.1. The van der Waals surface area contributed by atoms with Crippen molar-refractivity contribution >= 4 is 57.1 Å². The molecule has 1 fully saturated rings. The lowest BCUT2D eigenvalue weighted by atomic mass is 10.1. The number of urea groups is 1. The summed E-state index contributed by atoms with van der Waals surface area (Å²) in [5.41, 5.74) is 1.43. The van der Waals surface area contributed by atoms with Crippen LogP contribution < -0.4 is 19.7 Å². The van der Waals surface area contributed by atoms with Crippen LogP contribution in [0.25, 0.3) is 6.08 Å². The van der Waals surface area contributed by atoms with E-state index in [9.17, 15) is 14.4 Å². The molecule has 0 aromatic heterocycles. The third-order valence-electron chi connectivity index (χ3n) is 5.03. The van der Waals surface area contributed by atoms with Crippen molar-refractivity contribution in [1.29, 1.82) is 0 Å². The highest BCUT2D eigenvalue weighted by Gasteiger charge is 2.37. The van der Waals surface area contributed by atoms with Crippen molar-refractivity contribution in [1.82, 2.24) is 5.32 Å². The topological polar surface area (TPSA) is 84.9 Å². The Labute approximate surface area is 209 Å². The van der Waals surface area contributed by atoms with Gasteiger partial charge in [0.05, 0.1) is 17.8 Å². The van der Waals surface area contributed by atoms with Gasteiger partial charge in [-0.1, -0.05) is 63.9 Å². The number of methoxy groups -OCH3 is 1. The van der Waals surface area contributed by atoms with Gasteiger partial charge in [-0.05, 0) is 42.0 Å². The van der Waals surface area contributed by atoms with Gasteiger partial charge in [0.2, 0.25) is 0 Å². The SMILES string of the molecule is COc1cc(/C=C2\C(=O)NC(=O)N(c3ccccc3Cl)C2=O)ccc1OCc1ccccc1Br. The number of hydrogen-bond donors (Lipinski definition) is 1. The van der Waals surface area contributed by atoms with E-state index >= 15 is 0 Å². The number of anilines is 1. The molecular weight excluding hydrogens is 524 g/mol. The second-order valence-corrected chi connectivity index (χ2v) is 8.46. The lowest BCUT2D eigenvalue weighted by Gasteiger charge is -2.27. The number of ether oxygens (including phenoxy) is 2. The quantitative estimate of drug-likeness (QED) is 0.336. The molecule has 34 heavy (non-hydrogen) atoms. The molecule has 3 aromatic carbocycles. The number of imide groups is 2. The summed E-state index contributed by atoms with van der Waals surface area (Å²) in [4.78, 5) is 38.7. The Morgan fingerprint density at radius 3 is 2.47 bits per heavy atom. The second kappa shape index (κ2) is 10.1. The number of amides is 4. The fourth-order valence-electron chi connectivity index (χ4n) is 3.34. The van der Waals surface area contributed by atoms with E-state index in [4.69, 9.17) is 21.1 Å². The first-order chi connectivity index (χ1) is 16.4. The van der Waals surface area contributed by atoms with E-state index < -0.39 is 17.8 Å². The zero-order valence-corrected chi connectivity index (χ0v) is 20.2. The minimum Gasteiger partial charge on any atom is -0.493 e. The van der Waals surface area contributed by atoms with Crippen LogP contribution in [0.4, 0.5) is 10.5 Å². The van der Waals surface area contributed by atoms with Crippen molar-refractivity contribution in [3.8, 4) is 11.5 Å². The lowest BCUT2D eigenvalue weighted by Crippen LogP contribution is -2.54. The molecule has 4 amide bonds. The Hall–Kier alpha value is -3.62. The third-order valence-corrected chi connectivity index (χ3v) is 6.13. The largest absolute Gasteiger partial charge is 0.493 e. The highest BCUT2D eigenvalue weighted by Crippen LogP contribution is 2.32. The van der Waals surface area contributed by atoms with Gasteiger partial charge in [0.1, 0.15) is 12.2 Å². The van der Waals surface area contributed by atoms with Crippen molar-refractivity contribution in [2.45, 2.75) is 6.61 Å². The number of halogens is 2. The van der Waals surface area contributed by atoms with Gasteiger partial charge in [-0.3, -0.25) is 14.9 Å². The maximum absolute atomic E-state index is 13.1. The van der Waals surface area contributed by atoms with E-state index in [2.05, 4.69) is 21.2 Å². The fourth-order valence-corrected chi connectivity index (χ4v) is 3.96. The fraction of sp³-hybridized carbons (Fsp3) is 0.0800. The molecular formula is C25H18BrClN2O5. The van der Waals surface area contributed by atoms with E-state index in [0.29, 0.717) is 23.7 Å². The van der Waals surface area contributed by atoms with Crippen LogP contribution in [0.2, 0.25) is 5.02 Å². The Balaban J connectivity index is 1.61. The number of carbonyl (C=O) groups excluding carboxylic acids is 3. The van der Waals surface area contributed by atoms with E-state index in [-0.39, 0.29) is 16.3 Å². The second-order valence-electron chi connectivity index (χ2n) is 7.20.